The molecule has 3 aliphatic rings. The van der Waals surface area contributed by atoms with Gasteiger partial charge in [0.15, 0.2) is 0 Å². The van der Waals surface area contributed by atoms with Crippen LogP contribution in [0.15, 0.2) is 0 Å². The van der Waals surface area contributed by atoms with Crippen molar-refractivity contribution in [2.45, 2.75) is 63.1 Å². The second kappa shape index (κ2) is 5.35. The van der Waals surface area contributed by atoms with Gasteiger partial charge in [0.2, 0.25) is 5.91 Å². The number of amides is 1. The first-order valence-corrected chi connectivity index (χ1v) is 7.76. The van der Waals surface area contributed by atoms with Crippen LogP contribution < -0.4 is 0 Å². The predicted molar refractivity (Wildman–Crippen MR) is 72.2 cm³/mol. The Hall–Kier alpha value is -1.10. The molecule has 0 aromatic rings. The van der Waals surface area contributed by atoms with Gasteiger partial charge in [-0.15, -0.1) is 0 Å². The summed E-state index contributed by atoms with van der Waals surface area (Å²) in [4.78, 5) is 24.5. The average molecular weight is 281 g/mol. The minimum absolute atomic E-state index is 0.0365. The molecule has 5 heteroatoms. The molecule has 1 aliphatic carbocycles. The second-order valence-electron chi connectivity index (χ2n) is 6.56. The van der Waals surface area contributed by atoms with E-state index in [9.17, 15) is 9.59 Å². The molecule has 0 aromatic carbocycles. The van der Waals surface area contributed by atoms with E-state index in [1.54, 1.807) is 4.90 Å². The standard InChI is InChI=1S/C15H23NO4/c17-13-8-11(14(18)19)9-16(13)10-12-4-7-15(20-12)5-2-1-3-6-15/h11-12H,1-10H2,(H,18,19). The first-order valence-electron chi connectivity index (χ1n) is 7.76. The summed E-state index contributed by atoms with van der Waals surface area (Å²) in [6.45, 7) is 0.922. The van der Waals surface area contributed by atoms with Crippen LogP contribution in [0, 0.1) is 5.92 Å². The number of nitrogens with zero attached hydrogens (tertiary/aromatic N) is 1. The molecule has 1 amide bonds. The van der Waals surface area contributed by atoms with Gasteiger partial charge in [-0.2, -0.15) is 0 Å². The second-order valence-corrected chi connectivity index (χ2v) is 6.56. The molecule has 1 N–H and O–H groups in total. The third kappa shape index (κ3) is 2.68. The van der Waals surface area contributed by atoms with E-state index in [4.69, 9.17) is 9.84 Å². The van der Waals surface area contributed by atoms with E-state index in [0.29, 0.717) is 13.1 Å². The zero-order valence-corrected chi connectivity index (χ0v) is 11.8. The molecule has 2 atom stereocenters. The van der Waals surface area contributed by atoms with Crippen molar-refractivity contribution in [1.82, 2.24) is 4.90 Å². The lowest BCUT2D eigenvalue weighted by Gasteiger charge is -2.34. The lowest BCUT2D eigenvalue weighted by Crippen LogP contribution is -2.37. The maximum Gasteiger partial charge on any atom is 0.308 e. The zero-order valence-electron chi connectivity index (χ0n) is 11.8. The maximum atomic E-state index is 11.9. The molecule has 20 heavy (non-hydrogen) atoms. The van der Waals surface area contributed by atoms with Crippen molar-refractivity contribution in [3.8, 4) is 0 Å². The van der Waals surface area contributed by atoms with Crippen molar-refractivity contribution in [2.75, 3.05) is 13.1 Å². The quantitative estimate of drug-likeness (QED) is 0.856. The van der Waals surface area contributed by atoms with Gasteiger partial charge in [0.1, 0.15) is 0 Å². The Balaban J connectivity index is 1.54. The zero-order chi connectivity index (χ0) is 14.2. The SMILES string of the molecule is O=C(O)C1CC(=O)N(CC2CCC3(CCCCC3)O2)C1. The number of carboxylic acids is 1. The van der Waals surface area contributed by atoms with E-state index in [2.05, 4.69) is 0 Å². The van der Waals surface area contributed by atoms with E-state index in [0.717, 1.165) is 25.7 Å². The summed E-state index contributed by atoms with van der Waals surface area (Å²) >= 11 is 0. The highest BCUT2D eigenvalue weighted by Crippen LogP contribution is 2.42. The van der Waals surface area contributed by atoms with Crippen molar-refractivity contribution >= 4 is 11.9 Å². The average Bonchev–Trinajstić information content (AvgIpc) is 2.97. The van der Waals surface area contributed by atoms with E-state index in [-0.39, 0.29) is 24.0 Å². The molecule has 0 bridgehead atoms. The molecule has 0 aromatic heterocycles. The number of ether oxygens (including phenoxy) is 1. The molecule has 2 heterocycles. The highest BCUT2D eigenvalue weighted by atomic mass is 16.5. The smallest absolute Gasteiger partial charge is 0.308 e. The van der Waals surface area contributed by atoms with Gasteiger partial charge in [-0.1, -0.05) is 19.3 Å². The van der Waals surface area contributed by atoms with Gasteiger partial charge in [0.05, 0.1) is 17.6 Å². The molecule has 0 radical (unpaired) electrons. The van der Waals surface area contributed by atoms with Crippen LogP contribution in [0.5, 0.6) is 0 Å². The van der Waals surface area contributed by atoms with Gasteiger partial charge in [-0.25, -0.2) is 0 Å². The molecular weight excluding hydrogens is 258 g/mol. The van der Waals surface area contributed by atoms with Crippen molar-refractivity contribution in [3.05, 3.63) is 0 Å². The number of aliphatic carboxylic acids is 1. The molecule has 1 spiro atoms. The number of carboxylic acid groups (broad SMARTS) is 1. The maximum absolute atomic E-state index is 11.9. The predicted octanol–water partition coefficient (Wildman–Crippen LogP) is 1.80. The largest absolute Gasteiger partial charge is 0.481 e. The summed E-state index contributed by atoms with van der Waals surface area (Å²) in [5, 5.41) is 9.00. The van der Waals surface area contributed by atoms with Gasteiger partial charge >= 0.3 is 5.97 Å². The van der Waals surface area contributed by atoms with Crippen LogP contribution in [0.4, 0.5) is 0 Å². The topological polar surface area (TPSA) is 66.8 Å². The number of rotatable bonds is 3. The van der Waals surface area contributed by atoms with Crippen molar-refractivity contribution in [1.29, 1.82) is 0 Å². The van der Waals surface area contributed by atoms with E-state index >= 15 is 0 Å². The molecule has 5 nitrogen and oxygen atoms in total. The number of likely N-dealkylation sites (tertiary alicyclic amines) is 1. The number of hydrogen-bond donors (Lipinski definition) is 1. The fourth-order valence-electron chi connectivity index (χ4n) is 3.95. The Bertz CT molecular complexity index is 403. The monoisotopic (exact) mass is 281 g/mol. The number of carbonyl (C=O) groups excluding carboxylic acids is 1. The third-order valence-corrected chi connectivity index (χ3v) is 5.09. The van der Waals surface area contributed by atoms with Crippen LogP contribution in [-0.2, 0) is 14.3 Å². The van der Waals surface area contributed by atoms with Gasteiger partial charge in [0.25, 0.3) is 0 Å². The van der Waals surface area contributed by atoms with Crippen LogP contribution in [0.3, 0.4) is 0 Å². The molecule has 3 rings (SSSR count). The molecule has 2 saturated heterocycles. The Morgan fingerprint density at radius 2 is 2.05 bits per heavy atom. The lowest BCUT2D eigenvalue weighted by atomic mass is 9.83. The van der Waals surface area contributed by atoms with E-state index in [1.165, 1.54) is 19.3 Å². The lowest BCUT2D eigenvalue weighted by molar-refractivity contribution is -0.141. The molecular formula is C15H23NO4. The van der Waals surface area contributed by atoms with Crippen LogP contribution in [0.2, 0.25) is 0 Å². The Morgan fingerprint density at radius 1 is 1.30 bits per heavy atom. The molecule has 112 valence electrons. The van der Waals surface area contributed by atoms with E-state index in [1.807, 2.05) is 0 Å². The fraction of sp³-hybridized carbons (Fsp3) is 0.867. The third-order valence-electron chi connectivity index (χ3n) is 5.09. The van der Waals surface area contributed by atoms with Crippen LogP contribution in [0.25, 0.3) is 0 Å². The summed E-state index contributed by atoms with van der Waals surface area (Å²) in [6.07, 6.45) is 8.44. The van der Waals surface area contributed by atoms with Crippen molar-refractivity contribution < 1.29 is 19.4 Å². The summed E-state index contributed by atoms with van der Waals surface area (Å²) in [5.74, 6) is -1.44. The number of hydrogen-bond acceptors (Lipinski definition) is 3. The summed E-state index contributed by atoms with van der Waals surface area (Å²) < 4.78 is 6.25. The summed E-state index contributed by atoms with van der Waals surface area (Å²) in [5.41, 5.74) is 0.0673. The van der Waals surface area contributed by atoms with Gasteiger partial charge in [0, 0.05) is 19.5 Å². The van der Waals surface area contributed by atoms with Crippen molar-refractivity contribution in [3.63, 3.8) is 0 Å². The Morgan fingerprint density at radius 3 is 2.70 bits per heavy atom. The summed E-state index contributed by atoms with van der Waals surface area (Å²) in [7, 11) is 0. The highest BCUT2D eigenvalue weighted by molar-refractivity contribution is 5.86. The minimum Gasteiger partial charge on any atom is -0.481 e. The Labute approximate surface area is 119 Å². The van der Waals surface area contributed by atoms with Gasteiger partial charge < -0.3 is 14.7 Å². The Kier molecular flexibility index (Phi) is 3.71. The van der Waals surface area contributed by atoms with Crippen LogP contribution >= 0.6 is 0 Å². The highest BCUT2D eigenvalue weighted by Gasteiger charge is 2.43. The molecule has 2 unspecified atom stereocenters. The number of carbonyl (C=O) groups is 2. The van der Waals surface area contributed by atoms with Gasteiger partial charge in [-0.3, -0.25) is 9.59 Å². The minimum atomic E-state index is -0.864. The first-order chi connectivity index (χ1) is 9.58. The fourth-order valence-corrected chi connectivity index (χ4v) is 3.95. The van der Waals surface area contributed by atoms with Crippen molar-refractivity contribution in [2.24, 2.45) is 5.92 Å². The van der Waals surface area contributed by atoms with Crippen LogP contribution in [0.1, 0.15) is 51.4 Å². The van der Waals surface area contributed by atoms with Gasteiger partial charge in [-0.05, 0) is 25.7 Å². The van der Waals surface area contributed by atoms with E-state index < -0.39 is 11.9 Å². The molecule has 2 aliphatic heterocycles. The van der Waals surface area contributed by atoms with Crippen LogP contribution in [-0.4, -0.2) is 46.7 Å². The normalized spacial score (nSPS) is 33.0. The first kappa shape index (κ1) is 13.9. The summed E-state index contributed by atoms with van der Waals surface area (Å²) in [6, 6.07) is 0. The molecule has 1 saturated carbocycles. The molecule has 3 fully saturated rings.